The Morgan fingerprint density at radius 1 is 1.38 bits per heavy atom. The van der Waals surface area contributed by atoms with Gasteiger partial charge >= 0.3 is 0 Å². The van der Waals surface area contributed by atoms with E-state index in [2.05, 4.69) is 55.2 Å². The molecule has 0 fully saturated rings. The van der Waals surface area contributed by atoms with Crippen molar-refractivity contribution in [2.75, 3.05) is 19.3 Å². The van der Waals surface area contributed by atoms with Gasteiger partial charge in [-0.15, -0.1) is 18.3 Å². The second kappa shape index (κ2) is 6.77. The Morgan fingerprint density at radius 3 is 2.62 bits per heavy atom. The molecule has 1 N–H and O–H groups in total. The first-order valence-electron chi connectivity index (χ1n) is 5.66. The van der Waals surface area contributed by atoms with Gasteiger partial charge in [0.05, 0.1) is 0 Å². The lowest BCUT2D eigenvalue weighted by Gasteiger charge is -2.25. The summed E-state index contributed by atoms with van der Waals surface area (Å²) < 4.78 is 0. The van der Waals surface area contributed by atoms with E-state index in [0.717, 1.165) is 18.7 Å². The molecule has 0 aliphatic carbocycles. The fourth-order valence-corrected chi connectivity index (χ4v) is 2.74. The fourth-order valence-electron chi connectivity index (χ4n) is 1.59. The van der Waals surface area contributed by atoms with Gasteiger partial charge in [0.15, 0.2) is 0 Å². The third kappa shape index (κ3) is 4.42. The Morgan fingerprint density at radius 2 is 2.06 bits per heavy atom. The second-order valence-electron chi connectivity index (χ2n) is 4.30. The average molecular weight is 235 g/mol. The van der Waals surface area contributed by atoms with Crippen LogP contribution in [0.5, 0.6) is 0 Å². The summed E-state index contributed by atoms with van der Waals surface area (Å²) >= 11 is 1.91. The van der Waals surface area contributed by atoms with E-state index >= 15 is 0 Å². The van der Waals surface area contributed by atoms with Crippen LogP contribution in [0.25, 0.3) is 0 Å². The number of benzene rings is 1. The van der Waals surface area contributed by atoms with Crippen LogP contribution in [-0.4, -0.2) is 19.3 Å². The van der Waals surface area contributed by atoms with Crippen LogP contribution >= 0.6 is 11.8 Å². The highest BCUT2D eigenvalue weighted by Gasteiger charge is 2.18. The van der Waals surface area contributed by atoms with Crippen molar-refractivity contribution in [3.63, 3.8) is 0 Å². The van der Waals surface area contributed by atoms with Crippen LogP contribution in [0, 0.1) is 5.41 Å². The molecule has 88 valence electrons. The monoisotopic (exact) mass is 235 g/mol. The number of rotatable bonds is 7. The van der Waals surface area contributed by atoms with E-state index in [1.165, 1.54) is 4.90 Å². The predicted molar refractivity (Wildman–Crippen MR) is 74.0 cm³/mol. The Balaban J connectivity index is 2.37. The molecule has 1 rings (SSSR count). The van der Waals surface area contributed by atoms with E-state index in [9.17, 15) is 0 Å². The molecular formula is C14H21NS. The molecule has 0 aliphatic heterocycles. The van der Waals surface area contributed by atoms with E-state index in [0.29, 0.717) is 0 Å². The van der Waals surface area contributed by atoms with Crippen molar-refractivity contribution in [3.8, 4) is 0 Å². The Hall–Kier alpha value is -0.730. The maximum atomic E-state index is 3.93. The molecule has 0 radical (unpaired) electrons. The van der Waals surface area contributed by atoms with Crippen molar-refractivity contribution in [2.24, 2.45) is 5.41 Å². The average Bonchev–Trinajstić information content (AvgIpc) is 2.31. The van der Waals surface area contributed by atoms with Gasteiger partial charge in [0.25, 0.3) is 0 Å². The minimum atomic E-state index is 0.205. The van der Waals surface area contributed by atoms with Gasteiger partial charge < -0.3 is 5.32 Å². The van der Waals surface area contributed by atoms with Gasteiger partial charge in [-0.25, -0.2) is 0 Å². The van der Waals surface area contributed by atoms with Crippen molar-refractivity contribution in [1.29, 1.82) is 0 Å². The van der Waals surface area contributed by atoms with Crippen LogP contribution in [0.1, 0.15) is 13.3 Å². The third-order valence-electron chi connectivity index (χ3n) is 2.76. The van der Waals surface area contributed by atoms with Crippen molar-refractivity contribution in [1.82, 2.24) is 5.32 Å². The van der Waals surface area contributed by atoms with Crippen LogP contribution in [-0.2, 0) is 0 Å². The van der Waals surface area contributed by atoms with E-state index in [1.54, 1.807) is 0 Å². The molecule has 2 heteroatoms. The van der Waals surface area contributed by atoms with Gasteiger partial charge in [-0.2, -0.15) is 0 Å². The standard InChI is InChI=1S/C14H21NS/c1-4-14(2,12-15-3)10-11-16-13-8-6-5-7-9-13/h4-9,15H,1,10-12H2,2-3H3. The Labute approximate surface area is 103 Å². The van der Waals surface area contributed by atoms with Crippen LogP contribution < -0.4 is 5.32 Å². The molecule has 0 aromatic heterocycles. The van der Waals surface area contributed by atoms with Gasteiger partial charge in [-0.1, -0.05) is 31.2 Å². The summed E-state index contributed by atoms with van der Waals surface area (Å²) in [5.74, 6) is 1.13. The normalized spacial score (nSPS) is 14.4. The van der Waals surface area contributed by atoms with Gasteiger partial charge in [-0.3, -0.25) is 0 Å². The maximum Gasteiger partial charge on any atom is 0.00719 e. The fraction of sp³-hybridized carbons (Fsp3) is 0.429. The third-order valence-corrected chi connectivity index (χ3v) is 3.77. The Bertz CT molecular complexity index is 310. The van der Waals surface area contributed by atoms with E-state index in [1.807, 2.05) is 18.8 Å². The summed E-state index contributed by atoms with van der Waals surface area (Å²) in [5.41, 5.74) is 0.205. The zero-order valence-electron chi connectivity index (χ0n) is 10.2. The number of nitrogens with one attached hydrogen (secondary N) is 1. The molecule has 0 bridgehead atoms. The molecule has 0 saturated carbocycles. The molecule has 1 aromatic carbocycles. The lowest BCUT2D eigenvalue weighted by atomic mass is 9.88. The molecule has 0 heterocycles. The lowest BCUT2D eigenvalue weighted by Crippen LogP contribution is -2.28. The van der Waals surface area contributed by atoms with Gasteiger partial charge in [-0.05, 0) is 36.8 Å². The first-order valence-corrected chi connectivity index (χ1v) is 6.65. The van der Waals surface area contributed by atoms with E-state index in [-0.39, 0.29) is 5.41 Å². The largest absolute Gasteiger partial charge is 0.319 e. The van der Waals surface area contributed by atoms with Crippen molar-refractivity contribution >= 4 is 11.8 Å². The summed E-state index contributed by atoms with van der Waals surface area (Å²) in [4.78, 5) is 1.35. The molecule has 0 aliphatic rings. The first-order chi connectivity index (χ1) is 7.70. The molecular weight excluding hydrogens is 214 g/mol. The molecule has 1 atom stereocenters. The zero-order valence-corrected chi connectivity index (χ0v) is 11.0. The summed E-state index contributed by atoms with van der Waals surface area (Å²) in [6.07, 6.45) is 3.21. The highest BCUT2D eigenvalue weighted by atomic mass is 32.2. The van der Waals surface area contributed by atoms with Crippen molar-refractivity contribution < 1.29 is 0 Å². The summed E-state index contributed by atoms with van der Waals surface area (Å²) in [6.45, 7) is 7.17. The number of hydrogen-bond donors (Lipinski definition) is 1. The number of thioether (sulfide) groups is 1. The number of hydrogen-bond acceptors (Lipinski definition) is 2. The predicted octanol–water partition coefficient (Wildman–Crippen LogP) is 3.58. The second-order valence-corrected chi connectivity index (χ2v) is 5.47. The van der Waals surface area contributed by atoms with Crippen LogP contribution in [0.3, 0.4) is 0 Å². The molecule has 1 unspecified atom stereocenters. The van der Waals surface area contributed by atoms with E-state index < -0.39 is 0 Å². The summed E-state index contributed by atoms with van der Waals surface area (Å²) in [7, 11) is 1.99. The van der Waals surface area contributed by atoms with E-state index in [4.69, 9.17) is 0 Å². The highest BCUT2D eigenvalue weighted by molar-refractivity contribution is 7.99. The molecule has 0 saturated heterocycles. The minimum absolute atomic E-state index is 0.205. The maximum absolute atomic E-state index is 3.93. The van der Waals surface area contributed by atoms with Gasteiger partial charge in [0, 0.05) is 11.4 Å². The molecule has 16 heavy (non-hydrogen) atoms. The topological polar surface area (TPSA) is 12.0 Å². The van der Waals surface area contributed by atoms with Crippen LogP contribution in [0.4, 0.5) is 0 Å². The molecule has 1 nitrogen and oxygen atoms in total. The SMILES string of the molecule is C=CC(C)(CCSc1ccccc1)CNC. The summed E-state index contributed by atoms with van der Waals surface area (Å²) in [6, 6.07) is 10.5. The molecule has 0 amide bonds. The molecule has 0 spiro atoms. The van der Waals surface area contributed by atoms with Crippen LogP contribution in [0.15, 0.2) is 47.9 Å². The first kappa shape index (κ1) is 13.3. The quantitative estimate of drug-likeness (QED) is 0.572. The Kier molecular flexibility index (Phi) is 5.64. The zero-order chi connectivity index (χ0) is 11.9. The smallest absolute Gasteiger partial charge is 0.00719 e. The van der Waals surface area contributed by atoms with Crippen molar-refractivity contribution in [3.05, 3.63) is 43.0 Å². The van der Waals surface area contributed by atoms with Gasteiger partial charge in [0.2, 0.25) is 0 Å². The highest BCUT2D eigenvalue weighted by Crippen LogP contribution is 2.27. The van der Waals surface area contributed by atoms with Crippen molar-refractivity contribution in [2.45, 2.75) is 18.2 Å². The van der Waals surface area contributed by atoms with Crippen LogP contribution in [0.2, 0.25) is 0 Å². The van der Waals surface area contributed by atoms with Gasteiger partial charge in [0.1, 0.15) is 0 Å². The minimum Gasteiger partial charge on any atom is -0.319 e. The summed E-state index contributed by atoms with van der Waals surface area (Å²) in [5, 5.41) is 3.23. The molecule has 1 aromatic rings. The lowest BCUT2D eigenvalue weighted by molar-refractivity contribution is 0.398.